The second kappa shape index (κ2) is 7.38. The molecule has 2 N–H and O–H groups in total. The number of benzene rings is 1. The molecular formula is C17H24N2O2. The second-order valence-corrected chi connectivity index (χ2v) is 5.85. The Morgan fingerprint density at radius 2 is 1.95 bits per heavy atom. The summed E-state index contributed by atoms with van der Waals surface area (Å²) in [6.45, 7) is 7.28. The SMILES string of the molecule is Cc1cnc(CNCC(O)c2ccc(CC(C)C)cc2)o1. The minimum absolute atomic E-state index is 0.477. The van der Waals surface area contributed by atoms with Crippen molar-refractivity contribution in [1.82, 2.24) is 10.3 Å². The van der Waals surface area contributed by atoms with E-state index < -0.39 is 6.10 Å². The van der Waals surface area contributed by atoms with Crippen molar-refractivity contribution < 1.29 is 9.52 Å². The highest BCUT2D eigenvalue weighted by molar-refractivity contribution is 5.24. The van der Waals surface area contributed by atoms with Gasteiger partial charge in [0.15, 0.2) is 0 Å². The van der Waals surface area contributed by atoms with E-state index >= 15 is 0 Å². The molecule has 0 aliphatic carbocycles. The van der Waals surface area contributed by atoms with E-state index in [9.17, 15) is 5.11 Å². The molecule has 1 heterocycles. The van der Waals surface area contributed by atoms with Crippen LogP contribution in [0.4, 0.5) is 0 Å². The summed E-state index contributed by atoms with van der Waals surface area (Å²) in [7, 11) is 0. The van der Waals surface area contributed by atoms with Crippen LogP contribution < -0.4 is 5.32 Å². The molecule has 1 aromatic heterocycles. The van der Waals surface area contributed by atoms with Gasteiger partial charge in [0.2, 0.25) is 5.89 Å². The fraction of sp³-hybridized carbons (Fsp3) is 0.471. The van der Waals surface area contributed by atoms with Crippen molar-refractivity contribution in [3.05, 3.63) is 53.2 Å². The van der Waals surface area contributed by atoms with Crippen molar-refractivity contribution in [3.8, 4) is 0 Å². The van der Waals surface area contributed by atoms with Crippen molar-refractivity contribution in [3.63, 3.8) is 0 Å². The maximum absolute atomic E-state index is 10.2. The van der Waals surface area contributed by atoms with Gasteiger partial charge in [0.1, 0.15) is 5.76 Å². The lowest BCUT2D eigenvalue weighted by Gasteiger charge is -2.12. The van der Waals surface area contributed by atoms with Crippen LogP contribution in [-0.4, -0.2) is 16.6 Å². The average Bonchev–Trinajstić information content (AvgIpc) is 2.84. The smallest absolute Gasteiger partial charge is 0.208 e. The Balaban J connectivity index is 1.81. The number of aliphatic hydroxyl groups excluding tert-OH is 1. The van der Waals surface area contributed by atoms with E-state index in [0.29, 0.717) is 24.9 Å². The monoisotopic (exact) mass is 288 g/mol. The zero-order chi connectivity index (χ0) is 15.2. The molecule has 0 aliphatic heterocycles. The van der Waals surface area contributed by atoms with Crippen LogP contribution in [0.25, 0.3) is 0 Å². The first-order chi connectivity index (χ1) is 10.0. The normalized spacial score (nSPS) is 12.8. The van der Waals surface area contributed by atoms with E-state index in [-0.39, 0.29) is 0 Å². The molecule has 1 unspecified atom stereocenters. The zero-order valence-electron chi connectivity index (χ0n) is 13.0. The van der Waals surface area contributed by atoms with Gasteiger partial charge in [-0.2, -0.15) is 0 Å². The van der Waals surface area contributed by atoms with E-state index in [1.165, 1.54) is 5.56 Å². The third kappa shape index (κ3) is 4.99. The standard InChI is InChI=1S/C17H24N2O2/c1-12(2)8-14-4-6-15(7-5-14)16(20)10-18-11-17-19-9-13(3)21-17/h4-7,9,12,16,18,20H,8,10-11H2,1-3H3. The van der Waals surface area contributed by atoms with Gasteiger partial charge in [-0.15, -0.1) is 0 Å². The largest absolute Gasteiger partial charge is 0.445 e. The van der Waals surface area contributed by atoms with Gasteiger partial charge in [-0.3, -0.25) is 0 Å². The topological polar surface area (TPSA) is 58.3 Å². The highest BCUT2D eigenvalue weighted by Gasteiger charge is 2.08. The van der Waals surface area contributed by atoms with Gasteiger partial charge >= 0.3 is 0 Å². The molecule has 2 rings (SSSR count). The molecular weight excluding hydrogens is 264 g/mol. The van der Waals surface area contributed by atoms with Gasteiger partial charge in [-0.25, -0.2) is 4.98 Å². The summed E-state index contributed by atoms with van der Waals surface area (Å²) >= 11 is 0. The Hall–Kier alpha value is -1.65. The third-order valence-electron chi connectivity index (χ3n) is 3.29. The van der Waals surface area contributed by atoms with Gasteiger partial charge < -0.3 is 14.8 Å². The molecule has 1 atom stereocenters. The van der Waals surface area contributed by atoms with E-state index in [2.05, 4.69) is 36.3 Å². The lowest BCUT2D eigenvalue weighted by molar-refractivity contribution is 0.173. The van der Waals surface area contributed by atoms with E-state index in [4.69, 9.17) is 4.42 Å². The minimum Gasteiger partial charge on any atom is -0.445 e. The molecule has 0 saturated carbocycles. The molecule has 0 saturated heterocycles. The minimum atomic E-state index is -0.519. The van der Waals surface area contributed by atoms with E-state index in [1.807, 2.05) is 19.1 Å². The van der Waals surface area contributed by atoms with E-state index in [1.54, 1.807) is 6.20 Å². The molecule has 21 heavy (non-hydrogen) atoms. The molecule has 0 radical (unpaired) electrons. The molecule has 0 aliphatic rings. The number of oxazole rings is 1. The molecule has 4 nitrogen and oxygen atoms in total. The van der Waals surface area contributed by atoms with Gasteiger partial charge in [-0.1, -0.05) is 38.1 Å². The number of rotatable bonds is 7. The Labute approximate surface area is 126 Å². The summed E-state index contributed by atoms with van der Waals surface area (Å²) in [5.74, 6) is 2.09. The first kappa shape index (κ1) is 15.7. The number of hydrogen-bond acceptors (Lipinski definition) is 4. The molecule has 0 spiro atoms. The van der Waals surface area contributed by atoms with Crippen molar-refractivity contribution in [2.24, 2.45) is 5.92 Å². The van der Waals surface area contributed by atoms with Crippen LogP contribution in [0.5, 0.6) is 0 Å². The summed E-state index contributed by atoms with van der Waals surface area (Å²) in [5, 5.41) is 13.3. The van der Waals surface area contributed by atoms with Crippen LogP contribution in [0.1, 0.15) is 42.7 Å². The fourth-order valence-corrected chi connectivity index (χ4v) is 2.26. The van der Waals surface area contributed by atoms with Crippen LogP contribution in [0.15, 0.2) is 34.9 Å². The molecule has 114 valence electrons. The van der Waals surface area contributed by atoms with Crippen molar-refractivity contribution >= 4 is 0 Å². The molecule has 0 amide bonds. The van der Waals surface area contributed by atoms with Crippen molar-refractivity contribution in [2.75, 3.05) is 6.54 Å². The number of aromatic nitrogens is 1. The van der Waals surface area contributed by atoms with Gasteiger partial charge in [-0.05, 0) is 30.4 Å². The maximum atomic E-state index is 10.2. The molecule has 1 aromatic carbocycles. The molecule has 2 aromatic rings. The summed E-state index contributed by atoms with van der Waals surface area (Å²) in [4.78, 5) is 4.11. The van der Waals surface area contributed by atoms with Gasteiger partial charge in [0, 0.05) is 6.54 Å². The Morgan fingerprint density at radius 3 is 2.52 bits per heavy atom. The summed E-state index contributed by atoms with van der Waals surface area (Å²) in [6.07, 6.45) is 2.24. The predicted octanol–water partition coefficient (Wildman–Crippen LogP) is 3.00. The summed E-state index contributed by atoms with van der Waals surface area (Å²) in [5.41, 5.74) is 2.24. The van der Waals surface area contributed by atoms with Crippen LogP contribution in [0.3, 0.4) is 0 Å². The second-order valence-electron chi connectivity index (χ2n) is 5.85. The van der Waals surface area contributed by atoms with E-state index in [0.717, 1.165) is 17.7 Å². The molecule has 0 fully saturated rings. The van der Waals surface area contributed by atoms with Crippen molar-refractivity contribution in [1.29, 1.82) is 0 Å². The number of nitrogens with one attached hydrogen (secondary N) is 1. The highest BCUT2D eigenvalue weighted by Crippen LogP contribution is 2.15. The van der Waals surface area contributed by atoms with Crippen LogP contribution >= 0.6 is 0 Å². The first-order valence-corrected chi connectivity index (χ1v) is 7.43. The molecule has 4 heteroatoms. The quantitative estimate of drug-likeness (QED) is 0.822. The number of aryl methyl sites for hydroxylation is 1. The van der Waals surface area contributed by atoms with Gasteiger partial charge in [0.25, 0.3) is 0 Å². The highest BCUT2D eigenvalue weighted by atomic mass is 16.4. The van der Waals surface area contributed by atoms with Crippen molar-refractivity contribution in [2.45, 2.75) is 39.8 Å². The number of hydrogen-bond donors (Lipinski definition) is 2. The first-order valence-electron chi connectivity index (χ1n) is 7.43. The Bertz CT molecular complexity index is 546. The maximum Gasteiger partial charge on any atom is 0.208 e. The fourth-order valence-electron chi connectivity index (χ4n) is 2.26. The van der Waals surface area contributed by atoms with Crippen LogP contribution in [0.2, 0.25) is 0 Å². The summed E-state index contributed by atoms with van der Waals surface area (Å²) < 4.78 is 5.37. The Morgan fingerprint density at radius 1 is 1.24 bits per heavy atom. The molecule has 0 bridgehead atoms. The van der Waals surface area contributed by atoms with Gasteiger partial charge in [0.05, 0.1) is 18.8 Å². The Kier molecular flexibility index (Phi) is 5.53. The average molecular weight is 288 g/mol. The predicted molar refractivity (Wildman–Crippen MR) is 82.9 cm³/mol. The number of aliphatic hydroxyl groups is 1. The van der Waals surface area contributed by atoms with Crippen LogP contribution in [0, 0.1) is 12.8 Å². The number of nitrogens with zero attached hydrogens (tertiary/aromatic N) is 1. The lowest BCUT2D eigenvalue weighted by Crippen LogP contribution is -2.21. The lowest BCUT2D eigenvalue weighted by atomic mass is 10.0. The zero-order valence-corrected chi connectivity index (χ0v) is 13.0. The summed E-state index contributed by atoms with van der Waals surface area (Å²) in [6, 6.07) is 8.19. The van der Waals surface area contributed by atoms with Crippen LogP contribution in [-0.2, 0) is 13.0 Å². The third-order valence-corrected chi connectivity index (χ3v) is 3.29.